The van der Waals surface area contributed by atoms with E-state index in [4.69, 9.17) is 4.74 Å². The minimum Gasteiger partial charge on any atom is -0.449 e. The van der Waals surface area contributed by atoms with Crippen molar-refractivity contribution < 1.29 is 19.1 Å². The van der Waals surface area contributed by atoms with Gasteiger partial charge in [-0.15, -0.1) is 0 Å². The van der Waals surface area contributed by atoms with Gasteiger partial charge in [-0.3, -0.25) is 10.1 Å². The van der Waals surface area contributed by atoms with E-state index in [1.54, 1.807) is 25.1 Å². The largest absolute Gasteiger partial charge is 0.449 e. The van der Waals surface area contributed by atoms with E-state index < -0.39 is 24.0 Å². The lowest BCUT2D eigenvalue weighted by Gasteiger charge is -2.15. The van der Waals surface area contributed by atoms with Gasteiger partial charge in [0, 0.05) is 18.8 Å². The Morgan fingerprint density at radius 3 is 2.54 bits per heavy atom. The van der Waals surface area contributed by atoms with E-state index in [0.717, 1.165) is 19.4 Å². The maximum Gasteiger partial charge on any atom is 0.341 e. The van der Waals surface area contributed by atoms with Crippen LogP contribution in [0, 0.1) is 0 Å². The van der Waals surface area contributed by atoms with Crippen LogP contribution in [0.2, 0.25) is 0 Å². The average Bonchev–Trinajstić information content (AvgIpc) is 2.55. The minimum absolute atomic E-state index is 0.353. The van der Waals surface area contributed by atoms with Crippen LogP contribution in [0.3, 0.4) is 0 Å². The molecule has 24 heavy (non-hydrogen) atoms. The number of rotatable bonds is 8. The zero-order chi connectivity index (χ0) is 17.9. The van der Waals surface area contributed by atoms with Crippen molar-refractivity contribution in [3.8, 4) is 0 Å². The van der Waals surface area contributed by atoms with Crippen LogP contribution in [0.15, 0.2) is 24.3 Å². The number of carbonyl (C=O) groups excluding carboxylic acids is 3. The molecule has 7 heteroatoms. The van der Waals surface area contributed by atoms with Gasteiger partial charge in [-0.25, -0.2) is 9.59 Å². The third-order valence-corrected chi connectivity index (χ3v) is 3.22. The average molecular weight is 335 g/mol. The van der Waals surface area contributed by atoms with Crippen LogP contribution in [0.4, 0.5) is 10.5 Å². The number of carbonyl (C=O) groups is 3. The van der Waals surface area contributed by atoms with Gasteiger partial charge in [-0.05, 0) is 32.4 Å². The normalized spacial score (nSPS) is 11.3. The van der Waals surface area contributed by atoms with Gasteiger partial charge in [0.15, 0.2) is 6.10 Å². The lowest BCUT2D eigenvalue weighted by Crippen LogP contribution is -2.44. The van der Waals surface area contributed by atoms with Gasteiger partial charge in [-0.1, -0.05) is 25.5 Å². The molecule has 1 rings (SSSR count). The third-order valence-electron chi connectivity index (χ3n) is 3.22. The zero-order valence-electron chi connectivity index (χ0n) is 14.3. The predicted molar refractivity (Wildman–Crippen MR) is 91.9 cm³/mol. The summed E-state index contributed by atoms with van der Waals surface area (Å²) in [6, 6.07) is 6.33. The molecule has 0 aliphatic carbocycles. The molecule has 1 aromatic carbocycles. The summed E-state index contributed by atoms with van der Waals surface area (Å²) >= 11 is 0. The van der Waals surface area contributed by atoms with Crippen LogP contribution in [0.25, 0.3) is 0 Å². The van der Waals surface area contributed by atoms with Gasteiger partial charge in [-0.2, -0.15) is 0 Å². The van der Waals surface area contributed by atoms with Gasteiger partial charge in [0.2, 0.25) is 0 Å². The molecule has 0 bridgehead atoms. The lowest BCUT2D eigenvalue weighted by molar-refractivity contribution is -0.127. The van der Waals surface area contributed by atoms with Crippen molar-refractivity contribution in [1.29, 1.82) is 0 Å². The fraction of sp³-hybridized carbons (Fsp3) is 0.471. The zero-order valence-corrected chi connectivity index (χ0v) is 14.3. The number of nitrogens with one attached hydrogen (secondary N) is 3. The van der Waals surface area contributed by atoms with Crippen LogP contribution in [-0.4, -0.2) is 37.1 Å². The summed E-state index contributed by atoms with van der Waals surface area (Å²) in [6.45, 7) is 6.37. The Balaban J connectivity index is 2.66. The highest BCUT2D eigenvalue weighted by Gasteiger charge is 2.22. The molecule has 1 atom stereocenters. The number of ether oxygens (including phenoxy) is 1. The predicted octanol–water partition coefficient (Wildman–Crippen LogP) is 2.29. The highest BCUT2D eigenvalue weighted by Crippen LogP contribution is 2.17. The number of hydrogen-bond acceptors (Lipinski definition) is 5. The topological polar surface area (TPSA) is 96.5 Å². The summed E-state index contributed by atoms with van der Waals surface area (Å²) in [5, 5.41) is 7.73. The molecule has 1 aromatic rings. The number of para-hydroxylation sites is 1. The summed E-state index contributed by atoms with van der Waals surface area (Å²) < 4.78 is 5.15. The Labute approximate surface area is 142 Å². The molecule has 0 fully saturated rings. The van der Waals surface area contributed by atoms with E-state index >= 15 is 0 Å². The molecule has 0 aliphatic rings. The summed E-state index contributed by atoms with van der Waals surface area (Å²) in [5.41, 5.74) is 1.01. The van der Waals surface area contributed by atoms with Crippen LogP contribution in [0.1, 0.15) is 44.0 Å². The Kier molecular flexibility index (Phi) is 8.32. The molecule has 0 saturated carbocycles. The molecule has 0 aliphatic heterocycles. The van der Waals surface area contributed by atoms with Gasteiger partial charge in [0.1, 0.15) is 0 Å². The first-order valence-corrected chi connectivity index (χ1v) is 8.12. The van der Waals surface area contributed by atoms with E-state index in [2.05, 4.69) is 22.9 Å². The summed E-state index contributed by atoms with van der Waals surface area (Å²) in [7, 11) is 0. The van der Waals surface area contributed by atoms with Crippen LogP contribution in [-0.2, 0) is 9.53 Å². The highest BCUT2D eigenvalue weighted by atomic mass is 16.5. The third kappa shape index (κ3) is 6.28. The number of hydrogen-bond donors (Lipinski definition) is 3. The number of anilines is 1. The fourth-order valence-electron chi connectivity index (χ4n) is 1.91. The lowest BCUT2D eigenvalue weighted by atomic mass is 10.1. The molecule has 0 heterocycles. The van der Waals surface area contributed by atoms with Crippen LogP contribution >= 0.6 is 0 Å². The van der Waals surface area contributed by atoms with Crippen molar-refractivity contribution in [2.45, 2.75) is 39.7 Å². The number of esters is 1. The standard InChI is InChI=1S/C17H25N3O4/c1-4-6-11-19-14-10-8-7-9-13(14)16(22)24-12(3)15(21)20-17(23)18-5-2/h7-10,12,19H,4-6,11H2,1-3H3,(H2,18,20,21,23)/t12-/m0/s1. The number of benzene rings is 1. The van der Waals surface area contributed by atoms with E-state index in [1.165, 1.54) is 6.92 Å². The molecule has 0 radical (unpaired) electrons. The second-order valence-electron chi connectivity index (χ2n) is 5.22. The van der Waals surface area contributed by atoms with E-state index in [0.29, 0.717) is 17.8 Å². The van der Waals surface area contributed by atoms with Crippen molar-refractivity contribution in [2.24, 2.45) is 0 Å². The number of unbranched alkanes of at least 4 members (excludes halogenated alkanes) is 1. The van der Waals surface area contributed by atoms with E-state index in [-0.39, 0.29) is 0 Å². The first-order chi connectivity index (χ1) is 11.5. The Hall–Kier alpha value is -2.57. The Morgan fingerprint density at radius 1 is 1.17 bits per heavy atom. The van der Waals surface area contributed by atoms with Crippen LogP contribution < -0.4 is 16.0 Å². The van der Waals surface area contributed by atoms with Gasteiger partial charge in [0.05, 0.1) is 5.56 Å². The summed E-state index contributed by atoms with van der Waals surface area (Å²) in [6.07, 6.45) is 0.939. The van der Waals surface area contributed by atoms with E-state index in [1.807, 2.05) is 6.07 Å². The molecule has 0 spiro atoms. The molecular formula is C17H25N3O4. The molecular weight excluding hydrogens is 310 g/mol. The van der Waals surface area contributed by atoms with Gasteiger partial charge in [0.25, 0.3) is 5.91 Å². The highest BCUT2D eigenvalue weighted by molar-refractivity contribution is 6.00. The molecule has 7 nitrogen and oxygen atoms in total. The molecule has 3 amide bonds. The second kappa shape index (κ2) is 10.3. The first-order valence-electron chi connectivity index (χ1n) is 8.12. The first kappa shape index (κ1) is 19.5. The molecule has 0 unspecified atom stereocenters. The SMILES string of the molecule is CCCCNc1ccccc1C(=O)O[C@@H](C)C(=O)NC(=O)NCC. The van der Waals surface area contributed by atoms with Crippen molar-refractivity contribution >= 4 is 23.6 Å². The number of amides is 3. The van der Waals surface area contributed by atoms with Crippen molar-refractivity contribution in [1.82, 2.24) is 10.6 Å². The Bertz CT molecular complexity index is 575. The van der Waals surface area contributed by atoms with Crippen molar-refractivity contribution in [3.63, 3.8) is 0 Å². The van der Waals surface area contributed by atoms with Crippen molar-refractivity contribution in [2.75, 3.05) is 18.4 Å². The summed E-state index contributed by atoms with van der Waals surface area (Å²) in [5.74, 6) is -1.29. The van der Waals surface area contributed by atoms with Gasteiger partial charge < -0.3 is 15.4 Å². The second-order valence-corrected chi connectivity index (χ2v) is 5.22. The Morgan fingerprint density at radius 2 is 1.88 bits per heavy atom. The number of imide groups is 1. The fourth-order valence-corrected chi connectivity index (χ4v) is 1.91. The molecule has 0 saturated heterocycles. The quantitative estimate of drug-likeness (QED) is 0.500. The maximum atomic E-state index is 12.3. The maximum absolute atomic E-state index is 12.3. The smallest absolute Gasteiger partial charge is 0.341 e. The van der Waals surface area contributed by atoms with Crippen LogP contribution in [0.5, 0.6) is 0 Å². The molecule has 0 aromatic heterocycles. The molecule has 132 valence electrons. The van der Waals surface area contributed by atoms with E-state index in [9.17, 15) is 14.4 Å². The minimum atomic E-state index is -1.08. The van der Waals surface area contributed by atoms with Gasteiger partial charge >= 0.3 is 12.0 Å². The molecule has 3 N–H and O–H groups in total. The summed E-state index contributed by atoms with van der Waals surface area (Å²) in [4.78, 5) is 35.4. The monoisotopic (exact) mass is 335 g/mol. The number of urea groups is 1. The van der Waals surface area contributed by atoms with Crippen molar-refractivity contribution in [3.05, 3.63) is 29.8 Å².